The van der Waals surface area contributed by atoms with Crippen LogP contribution < -0.4 is 26.6 Å². The second kappa shape index (κ2) is 12.8. The Hall–Kier alpha value is -4.25. The molecule has 1 aliphatic carbocycles. The Bertz CT molecular complexity index is 1870. The van der Waals surface area contributed by atoms with Crippen LogP contribution in [0, 0.1) is 12.7 Å². The van der Waals surface area contributed by atoms with E-state index in [9.17, 15) is 19.5 Å². The minimum atomic E-state index is -0.698. The molecule has 0 bridgehead atoms. The van der Waals surface area contributed by atoms with Crippen LogP contribution in [0.5, 0.6) is 5.75 Å². The largest absolute Gasteiger partial charge is 0.496 e. The summed E-state index contributed by atoms with van der Waals surface area (Å²) in [5, 5.41) is 16.5. The van der Waals surface area contributed by atoms with Crippen molar-refractivity contribution in [1.29, 1.82) is 0 Å². The average molecular weight is 621 g/mol. The third kappa shape index (κ3) is 5.93. The highest BCUT2D eigenvalue weighted by molar-refractivity contribution is 6.36. The highest BCUT2D eigenvalue weighted by Crippen LogP contribution is 2.41. The molecule has 230 valence electrons. The molecule has 0 radical (unpaired) electrons. The summed E-state index contributed by atoms with van der Waals surface area (Å²) in [5.41, 5.74) is 2.63. The van der Waals surface area contributed by atoms with Crippen LogP contribution >= 0.6 is 11.6 Å². The van der Waals surface area contributed by atoms with Crippen LogP contribution in [0.2, 0.25) is 5.02 Å². The lowest BCUT2D eigenvalue weighted by Crippen LogP contribution is -2.40. The molecular weight excluding hydrogens is 587 g/mol. The number of ether oxygens (including phenoxy) is 1. The maximum atomic E-state index is 15.5. The number of aliphatic hydroxyl groups is 1. The Balaban J connectivity index is 1.46. The molecule has 1 heterocycles. The minimum absolute atomic E-state index is 0.0829. The van der Waals surface area contributed by atoms with Crippen LogP contribution in [0.15, 0.2) is 64.3 Å². The van der Waals surface area contributed by atoms with Crippen molar-refractivity contribution in [2.24, 2.45) is 14.1 Å². The minimum Gasteiger partial charge on any atom is -0.496 e. The van der Waals surface area contributed by atoms with E-state index in [1.54, 1.807) is 24.3 Å². The molecule has 1 aromatic heterocycles. The summed E-state index contributed by atoms with van der Waals surface area (Å²) in [4.78, 5) is 37.7. The first kappa shape index (κ1) is 31.2. The van der Waals surface area contributed by atoms with E-state index in [-0.39, 0.29) is 18.2 Å². The predicted molar refractivity (Wildman–Crippen MR) is 169 cm³/mol. The molecule has 3 aromatic carbocycles. The van der Waals surface area contributed by atoms with Gasteiger partial charge in [0.25, 0.3) is 11.5 Å². The summed E-state index contributed by atoms with van der Waals surface area (Å²) in [6, 6.07) is 13.8. The van der Waals surface area contributed by atoms with E-state index >= 15 is 4.39 Å². The molecule has 1 aliphatic rings. The maximum Gasteiger partial charge on any atom is 0.330 e. The molecule has 0 unspecified atom stereocenters. The number of carbonyl (C=O) groups is 1. The predicted octanol–water partition coefficient (Wildman–Crippen LogP) is 4.78. The lowest BCUT2D eigenvalue weighted by Gasteiger charge is -2.19. The van der Waals surface area contributed by atoms with Gasteiger partial charge in [0.05, 0.1) is 18.2 Å². The van der Waals surface area contributed by atoms with Crippen LogP contribution in [-0.4, -0.2) is 39.4 Å². The summed E-state index contributed by atoms with van der Waals surface area (Å²) in [5.74, 6) is -0.737. The van der Waals surface area contributed by atoms with Crippen molar-refractivity contribution in [3.63, 3.8) is 0 Å². The smallest absolute Gasteiger partial charge is 0.330 e. The second-order valence-electron chi connectivity index (χ2n) is 11.0. The number of hydrogen-bond donors (Lipinski definition) is 3. The van der Waals surface area contributed by atoms with Gasteiger partial charge in [-0.25, -0.2) is 9.18 Å². The Morgan fingerprint density at radius 3 is 2.50 bits per heavy atom. The van der Waals surface area contributed by atoms with Gasteiger partial charge in [-0.15, -0.1) is 0 Å². The van der Waals surface area contributed by atoms with Gasteiger partial charge in [0.1, 0.15) is 17.1 Å². The Morgan fingerprint density at radius 1 is 1.09 bits per heavy atom. The number of anilines is 1. The van der Waals surface area contributed by atoms with Crippen LogP contribution in [0.3, 0.4) is 0 Å². The Kier molecular flexibility index (Phi) is 9.05. The first-order chi connectivity index (χ1) is 21.0. The molecule has 1 fully saturated rings. The van der Waals surface area contributed by atoms with E-state index in [1.807, 2.05) is 25.1 Å². The van der Waals surface area contributed by atoms with Gasteiger partial charge in [0.15, 0.2) is 0 Å². The zero-order valence-corrected chi connectivity index (χ0v) is 25.7. The number of aliphatic hydroxyl groups excluding tert-OH is 1. The molecule has 0 spiro atoms. The van der Waals surface area contributed by atoms with Crippen LogP contribution in [-0.2, 0) is 20.6 Å². The molecule has 44 heavy (non-hydrogen) atoms. The molecule has 5 rings (SSSR count). The van der Waals surface area contributed by atoms with E-state index in [0.717, 1.165) is 29.4 Å². The summed E-state index contributed by atoms with van der Waals surface area (Å²) >= 11 is 6.96. The van der Waals surface area contributed by atoms with Crippen LogP contribution in [0.25, 0.3) is 22.3 Å². The standard InChI is InChI=1S/C33H34ClFN4O5/c1-18-20(8-6-11-26(18)37-31(41)24-17-38(2)33(43)39(3)32(24)42)22-10-5-9-21(30(22)34)19-14-25(35)23(29(15-19)44-4)16-36-27-12-7-13-28(27)40/h5-6,8-11,14-15,17,27-28,36,40H,7,12-13,16H2,1-4H3,(H,37,41)/t27-,28-/m1/s1. The normalized spacial score (nSPS) is 16.2. The fourth-order valence-corrected chi connectivity index (χ4v) is 6.05. The number of hydrogen-bond acceptors (Lipinski definition) is 6. The number of amides is 1. The molecule has 1 amide bonds. The van der Waals surface area contributed by atoms with Gasteiger partial charge in [0, 0.05) is 55.3 Å². The molecule has 0 aliphatic heterocycles. The second-order valence-corrected chi connectivity index (χ2v) is 11.4. The van der Waals surface area contributed by atoms with Gasteiger partial charge in [-0.1, -0.05) is 41.9 Å². The van der Waals surface area contributed by atoms with Crippen molar-refractivity contribution in [3.05, 3.63) is 103 Å². The van der Waals surface area contributed by atoms with Crippen LogP contribution in [0.4, 0.5) is 10.1 Å². The highest BCUT2D eigenvalue weighted by atomic mass is 35.5. The van der Waals surface area contributed by atoms with Crippen molar-refractivity contribution in [3.8, 4) is 28.0 Å². The number of benzene rings is 3. The zero-order valence-electron chi connectivity index (χ0n) is 24.9. The number of rotatable bonds is 8. The summed E-state index contributed by atoms with van der Waals surface area (Å²) < 4.78 is 23.1. The zero-order chi connectivity index (χ0) is 31.7. The number of carbonyl (C=O) groups excluding carboxylic acids is 1. The first-order valence-electron chi connectivity index (χ1n) is 14.3. The highest BCUT2D eigenvalue weighted by Gasteiger charge is 2.26. The number of methoxy groups -OCH3 is 1. The van der Waals surface area contributed by atoms with E-state index in [1.165, 1.54) is 38.0 Å². The van der Waals surface area contributed by atoms with Gasteiger partial charge in [-0.3, -0.25) is 14.2 Å². The number of nitrogens with zero attached hydrogens (tertiary/aromatic N) is 2. The van der Waals surface area contributed by atoms with Gasteiger partial charge in [0.2, 0.25) is 0 Å². The van der Waals surface area contributed by atoms with Crippen molar-refractivity contribution < 1.29 is 19.0 Å². The number of aromatic nitrogens is 2. The molecule has 2 atom stereocenters. The summed E-state index contributed by atoms with van der Waals surface area (Å²) in [7, 11) is 4.27. The molecule has 11 heteroatoms. The topological polar surface area (TPSA) is 115 Å². The average Bonchev–Trinajstić information content (AvgIpc) is 3.42. The fourth-order valence-electron chi connectivity index (χ4n) is 5.71. The van der Waals surface area contributed by atoms with Crippen molar-refractivity contribution in [2.45, 2.75) is 44.9 Å². The van der Waals surface area contributed by atoms with Gasteiger partial charge >= 0.3 is 5.69 Å². The summed E-state index contributed by atoms with van der Waals surface area (Å²) in [6.07, 6.45) is 3.26. The lowest BCUT2D eigenvalue weighted by atomic mass is 9.94. The summed E-state index contributed by atoms with van der Waals surface area (Å²) in [6.45, 7) is 2.03. The first-order valence-corrected chi connectivity index (χ1v) is 14.6. The van der Waals surface area contributed by atoms with Crippen molar-refractivity contribution in [2.75, 3.05) is 12.4 Å². The van der Waals surface area contributed by atoms with E-state index in [0.29, 0.717) is 44.3 Å². The number of halogens is 2. The molecule has 9 nitrogen and oxygen atoms in total. The van der Waals surface area contributed by atoms with Gasteiger partial charge < -0.3 is 25.0 Å². The van der Waals surface area contributed by atoms with Crippen molar-refractivity contribution in [1.82, 2.24) is 14.5 Å². The monoisotopic (exact) mass is 620 g/mol. The molecular formula is C33H34ClFN4O5. The van der Waals surface area contributed by atoms with Gasteiger partial charge in [-0.2, -0.15) is 0 Å². The number of aryl methyl sites for hydroxylation is 1. The fraction of sp³-hybridized carbons (Fsp3) is 0.303. The van der Waals surface area contributed by atoms with Crippen molar-refractivity contribution >= 4 is 23.2 Å². The van der Waals surface area contributed by atoms with E-state index < -0.39 is 29.1 Å². The third-order valence-corrected chi connectivity index (χ3v) is 8.68. The molecule has 0 saturated heterocycles. The lowest BCUT2D eigenvalue weighted by molar-refractivity contribution is 0.102. The molecule has 4 aromatic rings. The maximum absolute atomic E-state index is 15.5. The van der Waals surface area contributed by atoms with Gasteiger partial charge in [-0.05, 0) is 61.1 Å². The SMILES string of the molecule is COc1cc(-c2cccc(-c3cccc(NC(=O)c4cn(C)c(=O)n(C)c4=O)c3C)c2Cl)cc(F)c1CN[C@@H]1CCC[C@H]1O. The third-order valence-electron chi connectivity index (χ3n) is 8.27. The Morgan fingerprint density at radius 2 is 1.80 bits per heavy atom. The quantitative estimate of drug-likeness (QED) is 0.261. The van der Waals surface area contributed by atoms with Crippen LogP contribution in [0.1, 0.15) is 40.7 Å². The van der Waals surface area contributed by atoms with E-state index in [4.69, 9.17) is 16.3 Å². The Labute approximate surface area is 258 Å². The molecule has 3 N–H and O–H groups in total. The molecule has 1 saturated carbocycles. The number of nitrogens with one attached hydrogen (secondary N) is 2. The van der Waals surface area contributed by atoms with E-state index in [2.05, 4.69) is 10.6 Å².